The van der Waals surface area contributed by atoms with E-state index in [-0.39, 0.29) is 11.5 Å². The standard InChI is InChI=1S/C108H70O7/c109-103(87-34-11-1-24-75(87)76-25-2-12-35-88(76)103)71-50-44-65(45-51-71)67-22-21-23-68(60-67)66-46-52-72(53-47-66)104(110)93-40-17-9-32-83(93)85-61-69(48-56-97(85)104)70-49-57-98-86(62-70)84-33-10-20-43-96(84)108(98,114)100-64-74(106(112)91-38-15-5-28-79(91)80-29-6-16-39-92(80)106)55-59-102(100)115-101-58-54-73(105(111)89-36-13-3-26-77(89)78-27-4-14-37-90(78)105)63-99(101)107(113)94-41-18-7-30-81(94)82-31-8-19-42-95(82)107/h1-64,109-114H. The van der Waals surface area contributed by atoms with Crippen LogP contribution in [0.2, 0.25) is 0 Å². The van der Waals surface area contributed by atoms with E-state index in [0.717, 1.165) is 145 Å². The van der Waals surface area contributed by atoms with Crippen molar-refractivity contribution in [2.75, 3.05) is 0 Å². The molecule has 17 aromatic rings. The lowest BCUT2D eigenvalue weighted by atomic mass is 9.78. The van der Waals surface area contributed by atoms with Gasteiger partial charge in [-0.3, -0.25) is 0 Å². The highest BCUT2D eigenvalue weighted by molar-refractivity contribution is 5.92. The molecule has 0 bridgehead atoms. The van der Waals surface area contributed by atoms with E-state index in [1.54, 1.807) is 0 Å². The normalized spacial score (nSPS) is 17.3. The average molecular weight is 1480 g/mol. The summed E-state index contributed by atoms with van der Waals surface area (Å²) in [5.41, 5.74) is 18.9. The van der Waals surface area contributed by atoms with Gasteiger partial charge >= 0.3 is 0 Å². The van der Waals surface area contributed by atoms with E-state index in [0.29, 0.717) is 55.6 Å². The SMILES string of the molecule is OC1(c2ccc(-c3cccc(-c4ccc(C5(O)c6ccccc6-c6cc(-c7ccc8c(c7)-c7ccccc7C8(O)c7cc(C8(O)c9ccccc9-c9ccccc98)ccc7Oc7ccc(C8(O)c9ccccc9-c9ccccc98)cc7C7(O)c8ccccc8-c8ccccc87)ccc65)cc4)c3)cc2)c2ccccc2-c2ccccc21. The van der Waals surface area contributed by atoms with Crippen LogP contribution >= 0.6 is 0 Å². The number of fused-ring (bicyclic) bond motifs is 18. The first kappa shape index (κ1) is 67.0. The summed E-state index contributed by atoms with van der Waals surface area (Å²) in [6.07, 6.45) is 0. The fourth-order valence-corrected chi connectivity index (χ4v) is 20.6. The molecule has 0 saturated heterocycles. The van der Waals surface area contributed by atoms with Crippen LogP contribution in [0.5, 0.6) is 11.5 Å². The summed E-state index contributed by atoms with van der Waals surface area (Å²) in [7, 11) is 0. The van der Waals surface area contributed by atoms with Crippen molar-refractivity contribution in [2.24, 2.45) is 0 Å². The van der Waals surface area contributed by atoms with Crippen LogP contribution in [-0.2, 0) is 33.6 Å². The van der Waals surface area contributed by atoms with Crippen molar-refractivity contribution in [1.82, 2.24) is 0 Å². The fraction of sp³-hybridized carbons (Fsp3) is 0.0556. The zero-order valence-corrected chi connectivity index (χ0v) is 62.0. The number of ether oxygens (including phenoxy) is 1. The van der Waals surface area contributed by atoms with Crippen molar-refractivity contribution in [2.45, 2.75) is 33.6 Å². The Kier molecular flexibility index (Phi) is 14.2. The molecule has 2 unspecified atom stereocenters. The van der Waals surface area contributed by atoms with Crippen LogP contribution in [0.4, 0.5) is 0 Å². The zero-order valence-electron chi connectivity index (χ0n) is 62.0. The molecule has 2 atom stereocenters. The summed E-state index contributed by atoms with van der Waals surface area (Å²) < 4.78 is 7.62. The van der Waals surface area contributed by atoms with Gasteiger partial charge < -0.3 is 35.4 Å². The van der Waals surface area contributed by atoms with Gasteiger partial charge in [-0.05, 0) is 165 Å². The number of hydrogen-bond donors (Lipinski definition) is 6. The van der Waals surface area contributed by atoms with Gasteiger partial charge in [0, 0.05) is 77.9 Å². The fourth-order valence-electron chi connectivity index (χ4n) is 20.6. The summed E-state index contributed by atoms with van der Waals surface area (Å²) in [6, 6.07) is 129. The molecule has 0 aromatic heterocycles. The van der Waals surface area contributed by atoms with Crippen molar-refractivity contribution in [3.05, 3.63) is 488 Å². The Morgan fingerprint density at radius 3 is 0.635 bits per heavy atom. The van der Waals surface area contributed by atoms with Crippen LogP contribution in [0.1, 0.15) is 100 Å². The van der Waals surface area contributed by atoms with Crippen molar-refractivity contribution >= 4 is 0 Å². The van der Waals surface area contributed by atoms with Crippen LogP contribution in [-0.4, -0.2) is 30.6 Å². The molecule has 6 aliphatic carbocycles. The molecule has 115 heavy (non-hydrogen) atoms. The molecule has 17 aromatic carbocycles. The lowest BCUT2D eigenvalue weighted by molar-refractivity contribution is 0.119. The van der Waals surface area contributed by atoms with Crippen LogP contribution < -0.4 is 4.74 Å². The minimum Gasteiger partial charge on any atom is -0.457 e. The Bertz CT molecular complexity index is 6830. The van der Waals surface area contributed by atoms with Crippen LogP contribution in [0.15, 0.2) is 388 Å². The Balaban J connectivity index is 0.629. The quantitative estimate of drug-likeness (QED) is 0.0761. The highest BCUT2D eigenvalue weighted by atomic mass is 16.5. The van der Waals surface area contributed by atoms with Gasteiger partial charge in [-0.1, -0.05) is 346 Å². The molecule has 0 saturated carbocycles. The molecule has 6 aliphatic rings. The molecule has 0 radical (unpaired) electrons. The van der Waals surface area contributed by atoms with E-state index in [1.165, 1.54) is 0 Å². The monoisotopic (exact) mass is 1480 g/mol. The van der Waals surface area contributed by atoms with Crippen molar-refractivity contribution in [3.8, 4) is 112 Å². The lowest BCUT2D eigenvalue weighted by Crippen LogP contribution is -2.31. The van der Waals surface area contributed by atoms with E-state index < -0.39 is 33.6 Å². The predicted molar refractivity (Wildman–Crippen MR) is 453 cm³/mol. The van der Waals surface area contributed by atoms with E-state index >= 15 is 0 Å². The molecule has 0 aliphatic heterocycles. The van der Waals surface area contributed by atoms with Gasteiger partial charge in [0.15, 0.2) is 0 Å². The van der Waals surface area contributed by atoms with Gasteiger partial charge in [0.05, 0.1) is 0 Å². The molecule has 7 heteroatoms. The van der Waals surface area contributed by atoms with Gasteiger partial charge in [-0.2, -0.15) is 0 Å². The third kappa shape index (κ3) is 9.10. The lowest BCUT2D eigenvalue weighted by Gasteiger charge is -2.34. The Morgan fingerprint density at radius 1 is 0.139 bits per heavy atom. The number of benzene rings is 17. The van der Waals surface area contributed by atoms with Crippen molar-refractivity contribution in [1.29, 1.82) is 0 Å². The molecule has 7 nitrogen and oxygen atoms in total. The van der Waals surface area contributed by atoms with E-state index in [2.05, 4.69) is 97.1 Å². The maximum atomic E-state index is 14.8. The molecular weight excluding hydrogens is 1410 g/mol. The average Bonchev–Trinajstić information content (AvgIpc) is 1.57. The molecule has 0 fully saturated rings. The van der Waals surface area contributed by atoms with Crippen LogP contribution in [0.25, 0.3) is 100 Å². The van der Waals surface area contributed by atoms with Gasteiger partial charge in [-0.15, -0.1) is 0 Å². The third-order valence-corrected chi connectivity index (χ3v) is 26.0. The van der Waals surface area contributed by atoms with Crippen LogP contribution in [0, 0.1) is 0 Å². The molecular formula is C108H70O7. The third-order valence-electron chi connectivity index (χ3n) is 26.0. The van der Waals surface area contributed by atoms with E-state index in [4.69, 9.17) is 4.74 Å². The van der Waals surface area contributed by atoms with Crippen LogP contribution in [0.3, 0.4) is 0 Å². The smallest absolute Gasteiger partial charge is 0.145 e. The summed E-state index contributed by atoms with van der Waals surface area (Å²) >= 11 is 0. The van der Waals surface area contributed by atoms with Gasteiger partial charge in [0.2, 0.25) is 0 Å². The summed E-state index contributed by atoms with van der Waals surface area (Å²) in [6.45, 7) is 0. The molecule has 544 valence electrons. The first-order valence-corrected chi connectivity index (χ1v) is 39.2. The topological polar surface area (TPSA) is 131 Å². The minimum atomic E-state index is -1.94. The molecule has 6 N–H and O–H groups in total. The summed E-state index contributed by atoms with van der Waals surface area (Å²) in [5.74, 6) is 0.541. The number of aliphatic hydroxyl groups is 6. The molecule has 0 amide bonds. The summed E-state index contributed by atoms with van der Waals surface area (Å²) in [5, 5.41) is 82.7. The summed E-state index contributed by atoms with van der Waals surface area (Å²) in [4.78, 5) is 0. The van der Waals surface area contributed by atoms with Gasteiger partial charge in [0.1, 0.15) is 45.1 Å². The van der Waals surface area contributed by atoms with E-state index in [1.807, 2.05) is 291 Å². The minimum absolute atomic E-state index is 0.264. The molecule has 0 heterocycles. The Hall–Kier alpha value is -13.7. The predicted octanol–water partition coefficient (Wildman–Crippen LogP) is 22.1. The maximum absolute atomic E-state index is 14.8. The second kappa shape index (κ2) is 24.4. The second-order valence-corrected chi connectivity index (χ2v) is 31.5. The van der Waals surface area contributed by atoms with Crippen molar-refractivity contribution < 1.29 is 35.4 Å². The Morgan fingerprint density at radius 2 is 0.348 bits per heavy atom. The molecule has 23 rings (SSSR count). The van der Waals surface area contributed by atoms with Gasteiger partial charge in [-0.25, -0.2) is 0 Å². The van der Waals surface area contributed by atoms with Crippen molar-refractivity contribution in [3.63, 3.8) is 0 Å². The first-order chi connectivity index (χ1) is 56.3. The van der Waals surface area contributed by atoms with E-state index in [9.17, 15) is 30.6 Å². The number of rotatable bonds is 11. The Labute approximate surface area is 664 Å². The molecule has 0 spiro atoms. The highest BCUT2D eigenvalue weighted by Gasteiger charge is 2.53. The highest BCUT2D eigenvalue weighted by Crippen LogP contribution is 2.62. The zero-order chi connectivity index (χ0) is 76.9. The largest absolute Gasteiger partial charge is 0.457 e. The number of hydrogen-bond acceptors (Lipinski definition) is 7. The first-order valence-electron chi connectivity index (χ1n) is 39.2. The van der Waals surface area contributed by atoms with Gasteiger partial charge in [0.25, 0.3) is 0 Å². The maximum Gasteiger partial charge on any atom is 0.145 e. The second-order valence-electron chi connectivity index (χ2n) is 31.5.